The zero-order chi connectivity index (χ0) is 59.2. The van der Waals surface area contributed by atoms with Crippen LogP contribution in [0.4, 0.5) is 41.9 Å². The Hall–Kier alpha value is -9.55. The van der Waals surface area contributed by atoms with Crippen LogP contribution in [0.2, 0.25) is 0 Å². The van der Waals surface area contributed by atoms with Gasteiger partial charge in [0.1, 0.15) is 17.4 Å². The molecular weight excluding hydrogens is 1060 g/mol. The highest BCUT2D eigenvalue weighted by molar-refractivity contribution is 6.06. The summed E-state index contributed by atoms with van der Waals surface area (Å²) < 4.78 is 42.7. The Morgan fingerprint density at radius 3 is 1.45 bits per heavy atom. The molecule has 2 amide bonds. The van der Waals surface area contributed by atoms with Gasteiger partial charge in [-0.1, -0.05) is 72.8 Å². The molecule has 10 rings (SSSR count). The lowest BCUT2D eigenvalue weighted by molar-refractivity contribution is -0.275. The Kier molecular flexibility index (Phi) is 19.3. The van der Waals surface area contributed by atoms with Gasteiger partial charge in [-0.15, -0.1) is 13.2 Å². The largest absolute Gasteiger partial charge is 0.573 e. The molecule has 14 nitrogen and oxygen atoms in total. The van der Waals surface area contributed by atoms with Gasteiger partial charge in [-0.05, 0) is 151 Å². The fraction of sp³-hybridized carbons (Fsp3) is 0.254. The van der Waals surface area contributed by atoms with E-state index in [9.17, 15) is 22.8 Å². The van der Waals surface area contributed by atoms with Crippen molar-refractivity contribution in [2.45, 2.75) is 46.1 Å². The predicted octanol–water partition coefficient (Wildman–Crippen LogP) is 12.8. The van der Waals surface area contributed by atoms with E-state index in [1.54, 1.807) is 54.9 Å². The van der Waals surface area contributed by atoms with Gasteiger partial charge in [0, 0.05) is 102 Å². The second-order valence-corrected chi connectivity index (χ2v) is 21.1. The van der Waals surface area contributed by atoms with Crippen LogP contribution in [0.3, 0.4) is 0 Å². The number of aryl methyl sites for hydroxylation is 2. The average Bonchev–Trinajstić information content (AvgIpc) is 3.89. The lowest BCUT2D eigenvalue weighted by atomic mass is 9.97. The van der Waals surface area contributed by atoms with Crippen molar-refractivity contribution in [3.05, 3.63) is 215 Å². The Bertz CT molecular complexity index is 3640. The van der Waals surface area contributed by atoms with E-state index in [0.717, 1.165) is 104 Å². The summed E-state index contributed by atoms with van der Waals surface area (Å²) in [4.78, 5) is 46.7. The number of nitrogens with zero attached hydrogens (tertiary/aromatic N) is 9. The van der Waals surface area contributed by atoms with Gasteiger partial charge >= 0.3 is 6.36 Å². The van der Waals surface area contributed by atoms with E-state index in [4.69, 9.17) is 15.5 Å². The number of para-hydroxylation sites is 2. The molecule has 2 saturated heterocycles. The molecule has 0 aliphatic carbocycles. The minimum absolute atomic E-state index is 0.175. The van der Waals surface area contributed by atoms with Crippen molar-refractivity contribution in [2.75, 3.05) is 91.8 Å². The molecule has 0 bridgehead atoms. The number of carbonyl (C=O) groups excluding carboxylic acids is 2. The third-order valence-corrected chi connectivity index (χ3v) is 14.9. The second kappa shape index (κ2) is 27.5. The fourth-order valence-electron chi connectivity index (χ4n) is 10.4. The number of amides is 2. The first-order valence-corrected chi connectivity index (χ1v) is 27.9. The fourth-order valence-corrected chi connectivity index (χ4v) is 10.4. The third-order valence-electron chi connectivity index (χ3n) is 14.9. The molecular formula is C67H66F3N11O3. The van der Waals surface area contributed by atoms with Crippen LogP contribution in [0.15, 0.2) is 170 Å². The van der Waals surface area contributed by atoms with Crippen molar-refractivity contribution in [2.24, 2.45) is 0 Å². The number of halogens is 3. The summed E-state index contributed by atoms with van der Waals surface area (Å²) in [6, 6.07) is 52.5. The number of hydrogen-bond acceptors (Lipinski definition) is 12. The molecule has 8 aromatic rings. The maximum atomic E-state index is 13.1. The number of anilines is 5. The van der Waals surface area contributed by atoms with Gasteiger partial charge in [-0.3, -0.25) is 19.4 Å². The topological polar surface area (TPSA) is 157 Å². The molecule has 2 aliphatic heterocycles. The smallest absolute Gasteiger partial charge is 0.405 e. The normalized spacial score (nSPS) is 13.9. The van der Waals surface area contributed by atoms with Gasteiger partial charge in [-0.2, -0.15) is 10.5 Å². The summed E-state index contributed by atoms with van der Waals surface area (Å²) in [5.74, 6) is 1.07. The lowest BCUT2D eigenvalue weighted by Crippen LogP contribution is -2.31. The standard InChI is InChI=1S/C34H36N6O.C33H30F3N5O2/c1-25-9-12-28(21-31(25)27-13-10-26(22-35)11-14-27)34(41)37-30-15-16-33(36-23-30)40-18-6-17-39(19-20-40)24-29-7-4-5-8-32(29)38(2)3;1-23-7-10-26(19-29(23)25-11-8-24(20-37)9-12-25)32(42)39-28-13-14-31(38-21-28)41-16-4-15-40(17-18-41)22-27-5-2-3-6-30(27)43-33(34,35)36/h4-5,7-16,21,23H,6,17-20,24H2,1-3H3,(H,37,41);2-3,5-14,19,21H,4,15-18,22H2,1H3,(H,39,42). The van der Waals surface area contributed by atoms with Gasteiger partial charge in [0.2, 0.25) is 0 Å². The highest BCUT2D eigenvalue weighted by atomic mass is 19.4. The molecule has 0 atom stereocenters. The van der Waals surface area contributed by atoms with Crippen LogP contribution >= 0.6 is 0 Å². The van der Waals surface area contributed by atoms with Crippen LogP contribution < -0.4 is 30.1 Å². The van der Waals surface area contributed by atoms with Crippen molar-refractivity contribution >= 4 is 40.5 Å². The molecule has 2 aliphatic rings. The second-order valence-electron chi connectivity index (χ2n) is 21.1. The highest BCUT2D eigenvalue weighted by Crippen LogP contribution is 2.31. The number of carbonyl (C=O) groups is 2. The predicted molar refractivity (Wildman–Crippen MR) is 325 cm³/mol. The summed E-state index contributed by atoms with van der Waals surface area (Å²) in [7, 11) is 4.19. The van der Waals surface area contributed by atoms with Gasteiger partial charge < -0.3 is 30.1 Å². The van der Waals surface area contributed by atoms with E-state index in [1.807, 2.05) is 92.7 Å². The van der Waals surface area contributed by atoms with Crippen molar-refractivity contribution in [3.8, 4) is 40.1 Å². The molecule has 17 heteroatoms. The molecule has 6 aromatic carbocycles. The van der Waals surface area contributed by atoms with E-state index in [2.05, 4.69) is 95.4 Å². The summed E-state index contributed by atoms with van der Waals surface area (Å²) in [5.41, 5.74) is 12.4. The number of ether oxygens (including phenoxy) is 1. The lowest BCUT2D eigenvalue weighted by Gasteiger charge is -2.25. The Morgan fingerprint density at radius 1 is 0.560 bits per heavy atom. The van der Waals surface area contributed by atoms with Crippen LogP contribution in [0, 0.1) is 36.5 Å². The minimum Gasteiger partial charge on any atom is -0.405 e. The Labute approximate surface area is 489 Å². The maximum Gasteiger partial charge on any atom is 0.573 e. The number of hydrogen-bond donors (Lipinski definition) is 2. The van der Waals surface area contributed by atoms with E-state index in [-0.39, 0.29) is 17.6 Å². The van der Waals surface area contributed by atoms with E-state index in [1.165, 1.54) is 23.4 Å². The minimum atomic E-state index is -4.74. The Balaban J connectivity index is 0.000000202. The molecule has 0 saturated carbocycles. The first-order chi connectivity index (χ1) is 40.6. The van der Waals surface area contributed by atoms with Gasteiger partial charge in [0.05, 0.1) is 47.0 Å². The highest BCUT2D eigenvalue weighted by Gasteiger charge is 2.32. The molecule has 2 aromatic heterocycles. The van der Waals surface area contributed by atoms with Crippen molar-refractivity contribution < 1.29 is 27.5 Å². The van der Waals surface area contributed by atoms with Crippen LogP contribution in [0.25, 0.3) is 22.3 Å². The number of rotatable bonds is 14. The molecule has 428 valence electrons. The molecule has 0 radical (unpaired) electrons. The summed E-state index contributed by atoms with van der Waals surface area (Å²) in [5, 5.41) is 24.1. The molecule has 0 unspecified atom stereocenters. The molecule has 4 heterocycles. The monoisotopic (exact) mass is 1130 g/mol. The number of nitrogens with one attached hydrogen (secondary N) is 2. The number of pyridine rings is 2. The van der Waals surface area contributed by atoms with E-state index in [0.29, 0.717) is 58.8 Å². The SMILES string of the molecule is Cc1ccc(C(=O)Nc2ccc(N3CCCN(Cc4ccccc4N(C)C)CC3)nc2)cc1-c1ccc(C#N)cc1.Cc1ccc(C(=O)Nc2ccc(N3CCCN(Cc4ccccc4OC(F)(F)F)CC3)nc2)cc1-c1ccc(C#N)cc1. The zero-order valence-corrected chi connectivity index (χ0v) is 47.5. The molecule has 84 heavy (non-hydrogen) atoms. The quantitative estimate of drug-likeness (QED) is 0.106. The summed E-state index contributed by atoms with van der Waals surface area (Å²) in [6.07, 6.45) is 0.504. The first-order valence-electron chi connectivity index (χ1n) is 27.9. The molecule has 2 fully saturated rings. The van der Waals surface area contributed by atoms with Gasteiger partial charge in [0.25, 0.3) is 11.8 Å². The van der Waals surface area contributed by atoms with Gasteiger partial charge in [0.15, 0.2) is 0 Å². The van der Waals surface area contributed by atoms with Crippen LogP contribution in [-0.2, 0) is 13.1 Å². The molecule has 0 spiro atoms. The average molecular weight is 1130 g/mol. The first kappa shape index (κ1) is 59.1. The van der Waals surface area contributed by atoms with Crippen LogP contribution in [0.1, 0.15) is 66.9 Å². The summed E-state index contributed by atoms with van der Waals surface area (Å²) >= 11 is 0. The number of aromatic nitrogens is 2. The Morgan fingerprint density at radius 2 is 1.01 bits per heavy atom. The van der Waals surface area contributed by atoms with Crippen LogP contribution in [0.5, 0.6) is 5.75 Å². The zero-order valence-electron chi connectivity index (χ0n) is 47.5. The van der Waals surface area contributed by atoms with Gasteiger partial charge in [-0.25, -0.2) is 9.97 Å². The number of benzene rings is 6. The van der Waals surface area contributed by atoms with Crippen molar-refractivity contribution in [1.82, 2.24) is 19.8 Å². The summed E-state index contributed by atoms with van der Waals surface area (Å²) in [6.45, 7) is 11.9. The molecule has 2 N–H and O–H groups in total. The van der Waals surface area contributed by atoms with E-state index < -0.39 is 6.36 Å². The maximum absolute atomic E-state index is 13.1. The van der Waals surface area contributed by atoms with E-state index >= 15 is 0 Å². The number of nitriles is 2. The van der Waals surface area contributed by atoms with Crippen molar-refractivity contribution in [1.29, 1.82) is 10.5 Å². The van der Waals surface area contributed by atoms with Crippen molar-refractivity contribution in [3.63, 3.8) is 0 Å². The number of alkyl halides is 3. The van der Waals surface area contributed by atoms with Crippen LogP contribution in [-0.4, -0.2) is 104 Å². The third kappa shape index (κ3) is 15.7.